The van der Waals surface area contributed by atoms with Gasteiger partial charge in [-0.15, -0.1) is 0 Å². The Morgan fingerprint density at radius 2 is 1.03 bits per heavy atom. The van der Waals surface area contributed by atoms with Crippen molar-refractivity contribution in [1.82, 2.24) is 9.66 Å². The fourth-order valence-electron chi connectivity index (χ4n) is 3.95. The molecule has 164 valence electrons. The maximum Gasteiger partial charge on any atom is 0.276 e. The van der Waals surface area contributed by atoms with Crippen LogP contribution < -0.4 is 9.66 Å². The molecule has 2 aromatic carbocycles. The van der Waals surface area contributed by atoms with Gasteiger partial charge in [-0.1, -0.05) is 35.4 Å². The Bertz CT molecular complexity index is 1150. The maximum absolute atomic E-state index is 12.6. The van der Waals surface area contributed by atoms with Crippen LogP contribution in [0.4, 0.5) is 0 Å². The number of hydrogen-bond donors (Lipinski definition) is 2. The normalized spacial score (nSPS) is 23.4. The first-order valence-electron chi connectivity index (χ1n) is 9.98. The minimum Gasteiger partial charge on any atom is -0.200 e. The van der Waals surface area contributed by atoms with Crippen molar-refractivity contribution in [3.05, 3.63) is 59.7 Å². The molecule has 10 heteroatoms. The number of nitrogens with one attached hydrogen (secondary N) is 2. The van der Waals surface area contributed by atoms with Gasteiger partial charge >= 0.3 is 0 Å². The number of sulfonamides is 2. The molecule has 2 bridgehead atoms. The van der Waals surface area contributed by atoms with Crippen LogP contribution in [0.1, 0.15) is 30.4 Å². The van der Waals surface area contributed by atoms with E-state index >= 15 is 0 Å². The largest absolute Gasteiger partial charge is 0.276 e. The predicted octanol–water partition coefficient (Wildman–Crippen LogP) is 2.70. The van der Waals surface area contributed by atoms with E-state index in [0.29, 0.717) is 11.4 Å². The number of rotatable bonds is 6. The molecule has 0 aromatic heterocycles. The molecule has 2 saturated carbocycles. The molecule has 31 heavy (non-hydrogen) atoms. The summed E-state index contributed by atoms with van der Waals surface area (Å²) in [4.78, 5) is 4.81. The van der Waals surface area contributed by atoms with Crippen LogP contribution in [0, 0.1) is 25.7 Å². The van der Waals surface area contributed by atoms with Crippen LogP contribution in [0.2, 0.25) is 0 Å². The van der Waals surface area contributed by atoms with Crippen LogP contribution in [0.3, 0.4) is 0 Å². The van der Waals surface area contributed by atoms with Crippen LogP contribution in [-0.4, -0.2) is 28.3 Å². The zero-order valence-corrected chi connectivity index (χ0v) is 18.9. The lowest BCUT2D eigenvalue weighted by Crippen LogP contribution is -2.30. The SMILES string of the molecule is Cc1ccc(S(=O)(=O)NN=C2C(=NNS(=O)(=O)c3ccc(C)cc3)C3CCC2C3)cc1. The van der Waals surface area contributed by atoms with E-state index in [9.17, 15) is 16.8 Å². The van der Waals surface area contributed by atoms with E-state index in [1.165, 1.54) is 24.3 Å². The maximum atomic E-state index is 12.6. The Balaban J connectivity index is 1.57. The molecule has 2 fully saturated rings. The Kier molecular flexibility index (Phi) is 5.61. The van der Waals surface area contributed by atoms with Gasteiger partial charge in [-0.3, -0.25) is 0 Å². The molecule has 2 aliphatic carbocycles. The van der Waals surface area contributed by atoms with Crippen molar-refractivity contribution >= 4 is 31.5 Å². The molecule has 0 saturated heterocycles. The monoisotopic (exact) mass is 460 g/mol. The summed E-state index contributed by atoms with van der Waals surface area (Å²) in [5.41, 5.74) is 2.90. The summed E-state index contributed by atoms with van der Waals surface area (Å²) in [6.45, 7) is 3.75. The molecule has 0 radical (unpaired) electrons. The van der Waals surface area contributed by atoms with Gasteiger partial charge in [0.1, 0.15) is 0 Å². The highest BCUT2D eigenvalue weighted by Gasteiger charge is 2.43. The van der Waals surface area contributed by atoms with Gasteiger partial charge in [-0.25, -0.2) is 0 Å². The Labute approximate surface area is 182 Å². The lowest BCUT2D eigenvalue weighted by atomic mass is 9.96. The Morgan fingerprint density at radius 3 is 1.39 bits per heavy atom. The summed E-state index contributed by atoms with van der Waals surface area (Å²) in [5, 5.41) is 8.31. The average Bonchev–Trinajstić information content (AvgIpc) is 3.33. The van der Waals surface area contributed by atoms with Crippen LogP contribution in [-0.2, 0) is 20.0 Å². The highest BCUT2D eigenvalue weighted by atomic mass is 32.2. The second-order valence-corrected chi connectivity index (χ2v) is 11.3. The molecular formula is C21H24N4O4S2. The van der Waals surface area contributed by atoms with Gasteiger partial charge in [0.2, 0.25) is 0 Å². The lowest BCUT2D eigenvalue weighted by Gasteiger charge is -2.16. The fraction of sp³-hybridized carbons (Fsp3) is 0.333. The van der Waals surface area contributed by atoms with Gasteiger partial charge in [0.25, 0.3) is 20.0 Å². The highest BCUT2D eigenvalue weighted by molar-refractivity contribution is 7.89. The molecular weight excluding hydrogens is 436 g/mol. The molecule has 0 amide bonds. The number of fused-ring (bicyclic) bond motifs is 2. The molecule has 4 rings (SSSR count). The van der Waals surface area contributed by atoms with E-state index in [0.717, 1.165) is 30.4 Å². The zero-order valence-electron chi connectivity index (χ0n) is 17.2. The fourth-order valence-corrected chi connectivity index (χ4v) is 5.59. The third-order valence-corrected chi connectivity index (χ3v) is 8.15. The molecule has 0 aliphatic heterocycles. The highest BCUT2D eigenvalue weighted by Crippen LogP contribution is 2.41. The first-order valence-corrected chi connectivity index (χ1v) is 12.9. The van der Waals surface area contributed by atoms with Crippen LogP contribution in [0.5, 0.6) is 0 Å². The molecule has 8 nitrogen and oxygen atoms in total. The van der Waals surface area contributed by atoms with Gasteiger partial charge in [0.15, 0.2) is 0 Å². The van der Waals surface area contributed by atoms with Gasteiger partial charge < -0.3 is 0 Å². The van der Waals surface area contributed by atoms with Crippen molar-refractivity contribution in [1.29, 1.82) is 0 Å². The smallest absolute Gasteiger partial charge is 0.200 e. The topological polar surface area (TPSA) is 117 Å². The number of hydrogen-bond acceptors (Lipinski definition) is 6. The first-order chi connectivity index (χ1) is 14.7. The third kappa shape index (κ3) is 4.49. The predicted molar refractivity (Wildman–Crippen MR) is 119 cm³/mol. The number of benzene rings is 2. The molecule has 0 heterocycles. The lowest BCUT2D eigenvalue weighted by molar-refractivity contribution is 0.581. The third-order valence-electron chi connectivity index (χ3n) is 5.70. The van der Waals surface area contributed by atoms with Gasteiger partial charge in [-0.2, -0.15) is 36.7 Å². The van der Waals surface area contributed by atoms with E-state index in [1.54, 1.807) is 24.3 Å². The minimum absolute atomic E-state index is 0.0633. The van der Waals surface area contributed by atoms with Crippen molar-refractivity contribution in [2.24, 2.45) is 22.0 Å². The molecule has 2 atom stereocenters. The first kappa shape index (κ1) is 21.5. The number of aryl methyl sites for hydroxylation is 2. The quantitative estimate of drug-likeness (QED) is 0.645. The van der Waals surface area contributed by atoms with E-state index in [1.807, 2.05) is 13.8 Å². The molecule has 0 spiro atoms. The van der Waals surface area contributed by atoms with Gasteiger partial charge in [0, 0.05) is 11.8 Å². The molecule has 2 N–H and O–H groups in total. The van der Waals surface area contributed by atoms with Crippen LogP contribution in [0.15, 0.2) is 68.5 Å². The van der Waals surface area contributed by atoms with Crippen molar-refractivity contribution < 1.29 is 16.8 Å². The van der Waals surface area contributed by atoms with Crippen molar-refractivity contribution in [3.8, 4) is 0 Å². The molecule has 2 aliphatic rings. The van der Waals surface area contributed by atoms with Crippen molar-refractivity contribution in [2.45, 2.75) is 42.9 Å². The van der Waals surface area contributed by atoms with Crippen molar-refractivity contribution in [2.75, 3.05) is 0 Å². The van der Waals surface area contributed by atoms with E-state index in [2.05, 4.69) is 19.9 Å². The summed E-state index contributed by atoms with van der Waals surface area (Å²) >= 11 is 0. The standard InChI is InChI=1S/C21H24N4O4S2/c1-14-3-9-18(10-4-14)30(26,27)24-22-20-16-7-8-17(13-16)21(20)23-25-31(28,29)19-11-5-15(2)6-12-19/h3-6,9-12,16-17,24-25H,7-8,13H2,1-2H3. The molecule has 2 unspecified atom stereocenters. The zero-order chi connectivity index (χ0) is 22.2. The second kappa shape index (κ2) is 8.08. The summed E-state index contributed by atoms with van der Waals surface area (Å²) in [6, 6.07) is 12.9. The van der Waals surface area contributed by atoms with Gasteiger partial charge in [0.05, 0.1) is 21.2 Å². The van der Waals surface area contributed by atoms with E-state index in [4.69, 9.17) is 0 Å². The Hall–Kier alpha value is -2.72. The van der Waals surface area contributed by atoms with E-state index in [-0.39, 0.29) is 21.6 Å². The van der Waals surface area contributed by atoms with E-state index < -0.39 is 20.0 Å². The summed E-state index contributed by atoms with van der Waals surface area (Å²) < 4.78 is 50.3. The second-order valence-electron chi connectivity index (χ2n) is 8.02. The summed E-state index contributed by atoms with van der Waals surface area (Å²) in [5.74, 6) is 0.127. The van der Waals surface area contributed by atoms with Crippen LogP contribution >= 0.6 is 0 Å². The van der Waals surface area contributed by atoms with Gasteiger partial charge in [-0.05, 0) is 57.4 Å². The van der Waals surface area contributed by atoms with Crippen molar-refractivity contribution in [3.63, 3.8) is 0 Å². The average molecular weight is 461 g/mol. The Morgan fingerprint density at radius 1 is 0.677 bits per heavy atom. The number of hydrazone groups is 2. The van der Waals surface area contributed by atoms with Crippen LogP contribution in [0.25, 0.3) is 0 Å². The minimum atomic E-state index is -3.83. The molecule has 2 aromatic rings. The summed E-state index contributed by atoms with van der Waals surface area (Å²) in [6.07, 6.45) is 2.54. The number of nitrogens with zero attached hydrogens (tertiary/aromatic N) is 2. The summed E-state index contributed by atoms with van der Waals surface area (Å²) in [7, 11) is -7.65.